The van der Waals surface area contributed by atoms with Crippen molar-refractivity contribution in [3.8, 4) is 11.5 Å². The second kappa shape index (κ2) is 12.5. The predicted octanol–water partition coefficient (Wildman–Crippen LogP) is 3.45. The number of amides is 1. The van der Waals surface area contributed by atoms with Gasteiger partial charge in [0.15, 0.2) is 0 Å². The van der Waals surface area contributed by atoms with Crippen molar-refractivity contribution < 1.29 is 61.1 Å². The number of ether oxygens (including phenoxy) is 2. The third-order valence-corrected chi connectivity index (χ3v) is 2.00. The van der Waals surface area contributed by atoms with E-state index in [2.05, 4.69) is 5.32 Å². The number of anilines is 1. The first-order valence-corrected chi connectivity index (χ1v) is 4.31. The minimum absolute atomic E-state index is 0. The normalized spacial score (nSPS) is 7.53. The molecule has 0 aliphatic heterocycles. The van der Waals surface area contributed by atoms with E-state index in [1.165, 1.54) is 14.2 Å². The Labute approximate surface area is 150 Å². The molecule has 5 nitrogen and oxygen atoms in total. The molecule has 6 heteroatoms. The molecular weight excluding hydrogens is 374 g/mol. The summed E-state index contributed by atoms with van der Waals surface area (Å²) < 4.78 is 10.2. The van der Waals surface area contributed by atoms with Crippen LogP contribution in [0.5, 0.6) is 11.5 Å². The Morgan fingerprint density at radius 2 is 1.47 bits per heavy atom. The van der Waals surface area contributed by atoms with E-state index in [1.807, 2.05) is 6.92 Å². The van der Waals surface area contributed by atoms with Crippen molar-refractivity contribution in [1.82, 2.24) is 0 Å². The van der Waals surface area contributed by atoms with Crippen molar-refractivity contribution >= 4 is 11.8 Å². The van der Waals surface area contributed by atoms with Crippen LogP contribution in [0.4, 0.5) is 10.5 Å². The van der Waals surface area contributed by atoms with Gasteiger partial charge in [-0.2, -0.15) is 0 Å². The summed E-state index contributed by atoms with van der Waals surface area (Å²) >= 11 is 0. The van der Waals surface area contributed by atoms with Crippen LogP contribution >= 0.6 is 0 Å². The molecule has 0 aliphatic carbocycles. The average molecular weight is 396 g/mol. The number of carbonyl (C=O) groups is 1. The largest absolute Gasteiger partial charge is 3.00 e. The summed E-state index contributed by atoms with van der Waals surface area (Å²) in [6.45, 7) is 1.84. The summed E-state index contributed by atoms with van der Waals surface area (Å²) in [5.41, 5.74) is 1.25. The van der Waals surface area contributed by atoms with Crippen molar-refractivity contribution in [2.24, 2.45) is 0 Å². The van der Waals surface area contributed by atoms with Gasteiger partial charge in [-0.15, -0.1) is 0 Å². The molecule has 0 atom stereocenters. The molecule has 1 rings (SSSR count). The van der Waals surface area contributed by atoms with Crippen LogP contribution in [-0.2, 0) is 0 Å². The smallest absolute Gasteiger partial charge is 0.496 e. The molecule has 107 valence electrons. The van der Waals surface area contributed by atoms with Crippen LogP contribution in [0, 0.1) is 71.0 Å². The molecule has 0 saturated heterocycles. The molecule has 0 bridgehead atoms. The number of rotatable bonds is 3. The fourth-order valence-electron chi connectivity index (χ4n) is 1.28. The quantitative estimate of drug-likeness (QED) is 0.768. The van der Waals surface area contributed by atoms with Gasteiger partial charge in [0.25, 0.3) is 0 Å². The SMILES string of the molecule is COc1cc(NC(=O)O)cc(OC)c1C.[CH3-].[CH3-].[CH3-].[Ce+3]. The summed E-state index contributed by atoms with van der Waals surface area (Å²) in [7, 11) is 3.04. The van der Waals surface area contributed by atoms with Crippen LogP contribution in [0.25, 0.3) is 0 Å². The van der Waals surface area contributed by atoms with Gasteiger partial charge in [0.2, 0.25) is 0 Å². The van der Waals surface area contributed by atoms with Crippen LogP contribution < -0.4 is 14.8 Å². The topological polar surface area (TPSA) is 67.8 Å². The van der Waals surface area contributed by atoms with E-state index in [1.54, 1.807) is 12.1 Å². The van der Waals surface area contributed by atoms with Gasteiger partial charge in [-0.05, 0) is 6.92 Å². The van der Waals surface area contributed by atoms with Crippen molar-refractivity contribution in [3.05, 3.63) is 40.0 Å². The standard InChI is InChI=1S/C10H13NO4.3CH3.Ce/c1-6-8(14-2)4-7(11-10(12)13)5-9(6)15-3;;;;/h4-5,11H,1-3H3,(H,12,13);3*1H3;/q;3*-1;+3. The molecule has 1 radical (unpaired) electrons. The molecule has 0 unspecified atom stereocenters. The van der Waals surface area contributed by atoms with Gasteiger partial charge in [0.1, 0.15) is 11.5 Å². The monoisotopic (exact) mass is 396 g/mol. The summed E-state index contributed by atoms with van der Waals surface area (Å²) in [6, 6.07) is 3.21. The number of nitrogens with one attached hydrogen (secondary N) is 1. The van der Waals surface area contributed by atoms with Gasteiger partial charge in [-0.1, -0.05) is 0 Å². The van der Waals surface area contributed by atoms with Gasteiger partial charge in [0, 0.05) is 17.7 Å². The van der Waals surface area contributed by atoms with Gasteiger partial charge >= 0.3 is 47.8 Å². The summed E-state index contributed by atoms with van der Waals surface area (Å²) in [5, 5.41) is 10.8. The van der Waals surface area contributed by atoms with Crippen molar-refractivity contribution in [2.75, 3.05) is 19.5 Å². The summed E-state index contributed by atoms with van der Waals surface area (Å²) in [4.78, 5) is 10.5. The Bertz CT molecular complexity index is 358. The summed E-state index contributed by atoms with van der Waals surface area (Å²) in [6.07, 6.45) is -1.12. The molecule has 0 aromatic heterocycles. The van der Waals surface area contributed by atoms with Crippen molar-refractivity contribution in [3.63, 3.8) is 0 Å². The van der Waals surface area contributed by atoms with E-state index in [-0.39, 0.29) is 64.0 Å². The fourth-order valence-corrected chi connectivity index (χ4v) is 1.28. The zero-order chi connectivity index (χ0) is 11.4. The zero-order valence-corrected chi connectivity index (χ0v) is 15.5. The minimum Gasteiger partial charge on any atom is -0.496 e. The Kier molecular flexibility index (Phi) is 17.7. The van der Waals surface area contributed by atoms with E-state index in [4.69, 9.17) is 14.6 Å². The number of hydrogen-bond acceptors (Lipinski definition) is 3. The Morgan fingerprint density at radius 3 is 1.74 bits per heavy atom. The Morgan fingerprint density at radius 1 is 1.11 bits per heavy atom. The molecule has 0 aliphatic rings. The molecule has 0 fully saturated rings. The molecule has 2 N–H and O–H groups in total. The average Bonchev–Trinajstić information content (AvgIpc) is 2.19. The van der Waals surface area contributed by atoms with Crippen LogP contribution in [0.2, 0.25) is 0 Å². The van der Waals surface area contributed by atoms with Gasteiger partial charge in [0.05, 0.1) is 19.9 Å². The van der Waals surface area contributed by atoms with E-state index in [9.17, 15) is 4.79 Å². The Balaban J connectivity index is -0.000000281. The number of hydrogen-bond donors (Lipinski definition) is 2. The summed E-state index contributed by atoms with van der Waals surface area (Å²) in [5.74, 6) is 1.16. The van der Waals surface area contributed by atoms with E-state index in [0.29, 0.717) is 17.2 Å². The Hall–Kier alpha value is -0.533. The third kappa shape index (κ3) is 7.59. The second-order valence-electron chi connectivity index (χ2n) is 2.94. The molecular formula is C13H22CeNO4. The maximum absolute atomic E-state index is 10.5. The third-order valence-electron chi connectivity index (χ3n) is 2.00. The second-order valence-corrected chi connectivity index (χ2v) is 2.94. The van der Waals surface area contributed by atoms with Crippen LogP contribution in [0.1, 0.15) is 5.56 Å². The molecule has 1 aromatic carbocycles. The molecule has 0 spiro atoms. The molecule has 19 heavy (non-hydrogen) atoms. The van der Waals surface area contributed by atoms with Gasteiger partial charge < -0.3 is 36.9 Å². The van der Waals surface area contributed by atoms with Gasteiger partial charge in [-0.25, -0.2) is 4.79 Å². The van der Waals surface area contributed by atoms with E-state index >= 15 is 0 Å². The zero-order valence-electron chi connectivity index (χ0n) is 12.3. The van der Waals surface area contributed by atoms with Crippen molar-refractivity contribution in [1.29, 1.82) is 0 Å². The number of carboxylic acid groups (broad SMARTS) is 1. The van der Waals surface area contributed by atoms with Crippen LogP contribution in [-0.4, -0.2) is 25.4 Å². The predicted molar refractivity (Wildman–Crippen MR) is 75.2 cm³/mol. The van der Waals surface area contributed by atoms with Crippen LogP contribution in [0.15, 0.2) is 12.1 Å². The number of benzene rings is 1. The fraction of sp³-hybridized carbons (Fsp3) is 0.231. The first-order chi connectivity index (χ1) is 7.08. The number of methoxy groups -OCH3 is 2. The van der Waals surface area contributed by atoms with E-state index < -0.39 is 6.09 Å². The molecule has 1 aromatic rings. The van der Waals surface area contributed by atoms with Gasteiger partial charge in [-0.3, -0.25) is 5.32 Å². The maximum Gasteiger partial charge on any atom is 3.00 e. The van der Waals surface area contributed by atoms with E-state index in [0.717, 1.165) is 5.56 Å². The molecule has 0 heterocycles. The first-order valence-electron chi connectivity index (χ1n) is 4.31. The minimum atomic E-state index is -1.12. The first kappa shape index (κ1) is 26.9. The van der Waals surface area contributed by atoms with Crippen LogP contribution in [0.3, 0.4) is 0 Å². The maximum atomic E-state index is 10.5. The molecule has 1 amide bonds. The molecule has 0 saturated carbocycles. The van der Waals surface area contributed by atoms with Crippen molar-refractivity contribution in [2.45, 2.75) is 6.92 Å².